The summed E-state index contributed by atoms with van der Waals surface area (Å²) in [6.07, 6.45) is 0. The zero-order valence-corrected chi connectivity index (χ0v) is 16.8. The lowest BCUT2D eigenvalue weighted by Gasteiger charge is -2.35. The lowest BCUT2D eigenvalue weighted by molar-refractivity contribution is 0.0172. The monoisotopic (exact) mass is 408 g/mol. The maximum absolute atomic E-state index is 13.5. The zero-order valence-electron chi connectivity index (χ0n) is 16.0. The van der Waals surface area contributed by atoms with Crippen molar-refractivity contribution >= 4 is 10.0 Å². The Bertz CT molecular complexity index is 897. The van der Waals surface area contributed by atoms with E-state index >= 15 is 0 Å². The topological polar surface area (TPSA) is 67.9 Å². The standard InChI is InChI=1S/C20H25FN2O4S/c1-15-13-18(7-8-19(15)21)28(24,25)22-14-20(23-9-11-27-12-10-23)16-3-5-17(26-2)6-4-16/h3-8,13,20,22H,9-12,14H2,1-2H3. The molecule has 2 aromatic carbocycles. The second-order valence-electron chi connectivity index (χ2n) is 6.70. The van der Waals surface area contributed by atoms with Gasteiger partial charge in [0.2, 0.25) is 10.0 Å². The van der Waals surface area contributed by atoms with Crippen LogP contribution in [0.15, 0.2) is 47.4 Å². The second kappa shape index (κ2) is 9.00. The average molecular weight is 408 g/mol. The van der Waals surface area contributed by atoms with Crippen LogP contribution in [0.2, 0.25) is 0 Å². The Balaban J connectivity index is 1.80. The molecule has 1 saturated heterocycles. The summed E-state index contributed by atoms with van der Waals surface area (Å²) in [7, 11) is -2.15. The molecular formula is C20H25FN2O4S. The number of sulfonamides is 1. The van der Waals surface area contributed by atoms with E-state index in [9.17, 15) is 12.8 Å². The van der Waals surface area contributed by atoms with Gasteiger partial charge in [-0.15, -0.1) is 0 Å². The first-order chi connectivity index (χ1) is 13.4. The van der Waals surface area contributed by atoms with E-state index in [1.165, 1.54) is 18.2 Å². The summed E-state index contributed by atoms with van der Waals surface area (Å²) in [5.74, 6) is 0.315. The van der Waals surface area contributed by atoms with Gasteiger partial charge in [-0.3, -0.25) is 4.90 Å². The minimum absolute atomic E-state index is 0.0573. The van der Waals surface area contributed by atoms with E-state index in [1.54, 1.807) is 14.0 Å². The van der Waals surface area contributed by atoms with Crippen LogP contribution in [-0.4, -0.2) is 53.3 Å². The molecule has 1 aliphatic rings. The molecule has 28 heavy (non-hydrogen) atoms. The summed E-state index contributed by atoms with van der Waals surface area (Å²) >= 11 is 0. The minimum atomic E-state index is -3.75. The Morgan fingerprint density at radius 2 is 1.86 bits per heavy atom. The first kappa shape index (κ1) is 20.7. The number of ether oxygens (including phenoxy) is 2. The molecule has 1 N–H and O–H groups in total. The molecule has 0 aliphatic carbocycles. The van der Waals surface area contributed by atoms with Gasteiger partial charge >= 0.3 is 0 Å². The van der Waals surface area contributed by atoms with Crippen molar-refractivity contribution in [2.45, 2.75) is 17.9 Å². The van der Waals surface area contributed by atoms with Crippen molar-refractivity contribution in [3.63, 3.8) is 0 Å². The largest absolute Gasteiger partial charge is 0.497 e. The molecule has 0 spiro atoms. The van der Waals surface area contributed by atoms with Gasteiger partial charge in [-0.05, 0) is 48.4 Å². The van der Waals surface area contributed by atoms with Crippen molar-refractivity contribution < 1.29 is 22.3 Å². The number of aryl methyl sites for hydroxylation is 1. The number of nitrogens with zero attached hydrogens (tertiary/aromatic N) is 1. The highest BCUT2D eigenvalue weighted by Gasteiger charge is 2.25. The van der Waals surface area contributed by atoms with E-state index in [-0.39, 0.29) is 17.5 Å². The summed E-state index contributed by atoms with van der Waals surface area (Å²) < 4.78 is 52.2. The molecule has 8 heteroatoms. The van der Waals surface area contributed by atoms with Gasteiger partial charge in [-0.25, -0.2) is 17.5 Å². The number of methoxy groups -OCH3 is 1. The molecule has 0 saturated carbocycles. The number of nitrogens with one attached hydrogen (secondary N) is 1. The van der Waals surface area contributed by atoms with Gasteiger partial charge in [0.1, 0.15) is 11.6 Å². The highest BCUT2D eigenvalue weighted by molar-refractivity contribution is 7.89. The summed E-state index contributed by atoms with van der Waals surface area (Å²) in [6.45, 7) is 4.39. The maximum Gasteiger partial charge on any atom is 0.240 e. The van der Waals surface area contributed by atoms with E-state index in [1.807, 2.05) is 24.3 Å². The minimum Gasteiger partial charge on any atom is -0.497 e. The van der Waals surface area contributed by atoms with Crippen LogP contribution in [0.5, 0.6) is 5.75 Å². The van der Waals surface area contributed by atoms with Crippen molar-refractivity contribution in [3.8, 4) is 5.75 Å². The average Bonchev–Trinajstić information content (AvgIpc) is 2.71. The maximum atomic E-state index is 13.5. The highest BCUT2D eigenvalue weighted by Crippen LogP contribution is 2.24. The Hall–Kier alpha value is -2.00. The fourth-order valence-electron chi connectivity index (χ4n) is 3.23. The van der Waals surface area contributed by atoms with Gasteiger partial charge in [0.25, 0.3) is 0 Å². The molecular weight excluding hydrogens is 383 g/mol. The van der Waals surface area contributed by atoms with Gasteiger partial charge < -0.3 is 9.47 Å². The fourth-order valence-corrected chi connectivity index (χ4v) is 4.35. The lowest BCUT2D eigenvalue weighted by Crippen LogP contribution is -2.43. The quantitative estimate of drug-likeness (QED) is 0.763. The van der Waals surface area contributed by atoms with Crippen LogP contribution in [0.1, 0.15) is 17.2 Å². The molecule has 3 rings (SSSR count). The molecule has 1 unspecified atom stereocenters. The smallest absolute Gasteiger partial charge is 0.240 e. The molecule has 0 radical (unpaired) electrons. The molecule has 1 atom stereocenters. The summed E-state index contributed by atoms with van der Waals surface area (Å²) in [4.78, 5) is 2.26. The van der Waals surface area contributed by atoms with Crippen LogP contribution >= 0.6 is 0 Å². The van der Waals surface area contributed by atoms with Crippen LogP contribution in [0.25, 0.3) is 0 Å². The third-order valence-electron chi connectivity index (χ3n) is 4.89. The molecule has 152 valence electrons. The third-order valence-corrected chi connectivity index (χ3v) is 6.31. The number of halogens is 1. The van der Waals surface area contributed by atoms with Crippen LogP contribution < -0.4 is 9.46 Å². The van der Waals surface area contributed by atoms with E-state index in [2.05, 4.69) is 9.62 Å². The number of rotatable bonds is 7. The van der Waals surface area contributed by atoms with E-state index in [0.29, 0.717) is 31.9 Å². The first-order valence-corrected chi connectivity index (χ1v) is 10.6. The van der Waals surface area contributed by atoms with E-state index in [4.69, 9.17) is 9.47 Å². The predicted molar refractivity (Wildman–Crippen MR) is 104 cm³/mol. The fraction of sp³-hybridized carbons (Fsp3) is 0.400. The summed E-state index contributed by atoms with van der Waals surface area (Å²) in [5, 5.41) is 0. The molecule has 0 amide bonds. The summed E-state index contributed by atoms with van der Waals surface area (Å²) in [6, 6.07) is 11.3. The summed E-state index contributed by atoms with van der Waals surface area (Å²) in [5.41, 5.74) is 1.28. The molecule has 1 heterocycles. The Labute approximate surface area is 165 Å². The highest BCUT2D eigenvalue weighted by atomic mass is 32.2. The molecule has 2 aromatic rings. The van der Waals surface area contributed by atoms with Gasteiger partial charge in [0, 0.05) is 25.7 Å². The van der Waals surface area contributed by atoms with E-state index < -0.39 is 15.8 Å². The number of benzene rings is 2. The molecule has 0 bridgehead atoms. The number of morpholine rings is 1. The van der Waals surface area contributed by atoms with Gasteiger partial charge in [-0.1, -0.05) is 12.1 Å². The molecule has 0 aromatic heterocycles. The molecule has 6 nitrogen and oxygen atoms in total. The zero-order chi connectivity index (χ0) is 20.1. The first-order valence-electron chi connectivity index (χ1n) is 9.12. The predicted octanol–water partition coefficient (Wildman–Crippen LogP) is 2.49. The number of hydrogen-bond donors (Lipinski definition) is 1. The van der Waals surface area contributed by atoms with Crippen LogP contribution in [-0.2, 0) is 14.8 Å². The van der Waals surface area contributed by atoms with E-state index in [0.717, 1.165) is 11.3 Å². The number of hydrogen-bond acceptors (Lipinski definition) is 5. The van der Waals surface area contributed by atoms with Gasteiger partial charge in [0.15, 0.2) is 0 Å². The van der Waals surface area contributed by atoms with Crippen molar-refractivity contribution in [1.82, 2.24) is 9.62 Å². The normalized spacial score (nSPS) is 16.7. The Morgan fingerprint density at radius 3 is 2.46 bits per heavy atom. The van der Waals surface area contributed by atoms with Gasteiger partial charge in [-0.2, -0.15) is 0 Å². The van der Waals surface area contributed by atoms with Crippen LogP contribution in [0.3, 0.4) is 0 Å². The Morgan fingerprint density at radius 1 is 1.18 bits per heavy atom. The third kappa shape index (κ3) is 4.88. The van der Waals surface area contributed by atoms with Crippen LogP contribution in [0.4, 0.5) is 4.39 Å². The Kier molecular flexibility index (Phi) is 6.66. The van der Waals surface area contributed by atoms with Crippen molar-refractivity contribution in [2.24, 2.45) is 0 Å². The van der Waals surface area contributed by atoms with Gasteiger partial charge in [0.05, 0.1) is 25.2 Å². The second-order valence-corrected chi connectivity index (χ2v) is 8.47. The van der Waals surface area contributed by atoms with Crippen molar-refractivity contribution in [2.75, 3.05) is 40.0 Å². The SMILES string of the molecule is COc1ccc(C(CNS(=O)(=O)c2ccc(F)c(C)c2)N2CCOCC2)cc1. The lowest BCUT2D eigenvalue weighted by atomic mass is 10.0. The van der Waals surface area contributed by atoms with Crippen molar-refractivity contribution in [3.05, 3.63) is 59.4 Å². The van der Waals surface area contributed by atoms with Crippen LogP contribution in [0, 0.1) is 12.7 Å². The molecule has 1 aliphatic heterocycles. The molecule has 1 fully saturated rings. The van der Waals surface area contributed by atoms with Crippen molar-refractivity contribution in [1.29, 1.82) is 0 Å².